The van der Waals surface area contributed by atoms with Gasteiger partial charge in [0.15, 0.2) is 5.82 Å². The molecule has 2 aromatic carbocycles. The summed E-state index contributed by atoms with van der Waals surface area (Å²) in [5.41, 5.74) is 1.95. The Balaban J connectivity index is 1.73. The summed E-state index contributed by atoms with van der Waals surface area (Å²) in [5, 5.41) is 14.5. The maximum atomic E-state index is 6.24. The lowest BCUT2D eigenvalue weighted by molar-refractivity contribution is 0.960. The van der Waals surface area contributed by atoms with Crippen molar-refractivity contribution in [3.05, 3.63) is 70.2 Å². The van der Waals surface area contributed by atoms with Crippen LogP contribution in [0.25, 0.3) is 28.5 Å². The van der Waals surface area contributed by atoms with Crippen molar-refractivity contribution in [3.63, 3.8) is 0 Å². The smallest absolute Gasteiger partial charge is 0.182 e. The molecule has 0 atom stereocenters. The van der Waals surface area contributed by atoms with Crippen molar-refractivity contribution in [2.75, 3.05) is 0 Å². The summed E-state index contributed by atoms with van der Waals surface area (Å²) in [5.74, 6) is 0.654. The number of hydrogen-bond acceptors (Lipinski definition) is 4. The standard InChI is InChI=1S/C17H11ClN4S/c18-14-9-5-4-8-13(14)16-19-20-17-22(16)21-15(23-17)11-10-12-6-2-1-3-7-12/h1-11H. The van der Waals surface area contributed by atoms with Gasteiger partial charge in [0, 0.05) is 5.56 Å². The third-order valence-electron chi connectivity index (χ3n) is 3.34. The zero-order valence-corrected chi connectivity index (χ0v) is 13.5. The Morgan fingerprint density at radius 1 is 0.913 bits per heavy atom. The van der Waals surface area contributed by atoms with Crippen LogP contribution in [0.2, 0.25) is 5.02 Å². The highest BCUT2D eigenvalue weighted by Crippen LogP contribution is 2.28. The van der Waals surface area contributed by atoms with Gasteiger partial charge in [-0.2, -0.15) is 9.61 Å². The van der Waals surface area contributed by atoms with E-state index in [9.17, 15) is 0 Å². The molecule has 0 spiro atoms. The lowest BCUT2D eigenvalue weighted by atomic mass is 10.2. The molecule has 0 unspecified atom stereocenters. The van der Waals surface area contributed by atoms with Gasteiger partial charge in [0.05, 0.1) is 5.02 Å². The van der Waals surface area contributed by atoms with Gasteiger partial charge < -0.3 is 0 Å². The van der Waals surface area contributed by atoms with Gasteiger partial charge in [-0.15, -0.1) is 10.2 Å². The van der Waals surface area contributed by atoms with Gasteiger partial charge in [-0.3, -0.25) is 0 Å². The molecular weight excluding hydrogens is 328 g/mol. The minimum absolute atomic E-state index is 0.635. The third kappa shape index (κ3) is 2.76. The zero-order chi connectivity index (χ0) is 15.6. The maximum absolute atomic E-state index is 6.24. The molecule has 2 aromatic heterocycles. The average Bonchev–Trinajstić information content (AvgIpc) is 3.15. The topological polar surface area (TPSA) is 43.1 Å². The molecule has 112 valence electrons. The molecule has 4 aromatic rings. The lowest BCUT2D eigenvalue weighted by Gasteiger charge is -1.98. The molecule has 0 N–H and O–H groups in total. The summed E-state index contributed by atoms with van der Waals surface area (Å²) in [4.78, 5) is 0.743. The van der Waals surface area contributed by atoms with Crippen molar-refractivity contribution < 1.29 is 0 Å². The fraction of sp³-hybridized carbons (Fsp3) is 0. The van der Waals surface area contributed by atoms with E-state index in [-0.39, 0.29) is 0 Å². The summed E-state index contributed by atoms with van der Waals surface area (Å²) >= 11 is 7.73. The number of rotatable bonds is 3. The molecule has 0 saturated heterocycles. The number of hydrogen-bond donors (Lipinski definition) is 0. The summed E-state index contributed by atoms with van der Waals surface area (Å²) in [7, 11) is 0. The minimum atomic E-state index is 0.635. The van der Waals surface area contributed by atoms with Gasteiger partial charge in [0.1, 0.15) is 5.01 Å². The molecule has 0 aliphatic carbocycles. The second kappa shape index (κ2) is 5.95. The van der Waals surface area contributed by atoms with Crippen molar-refractivity contribution in [2.45, 2.75) is 0 Å². The Hall–Kier alpha value is -2.50. The molecule has 2 heterocycles. The van der Waals surface area contributed by atoms with Gasteiger partial charge in [-0.25, -0.2) is 0 Å². The van der Waals surface area contributed by atoms with Gasteiger partial charge in [-0.05, 0) is 23.8 Å². The van der Waals surface area contributed by atoms with E-state index in [2.05, 4.69) is 15.3 Å². The molecule has 6 heteroatoms. The van der Waals surface area contributed by atoms with E-state index >= 15 is 0 Å². The first-order chi connectivity index (χ1) is 11.3. The van der Waals surface area contributed by atoms with Crippen LogP contribution in [-0.4, -0.2) is 19.8 Å². The molecule has 0 fully saturated rings. The van der Waals surface area contributed by atoms with Crippen LogP contribution < -0.4 is 0 Å². The van der Waals surface area contributed by atoms with Crippen LogP contribution in [0.4, 0.5) is 0 Å². The van der Waals surface area contributed by atoms with Crippen LogP contribution in [0.3, 0.4) is 0 Å². The highest BCUT2D eigenvalue weighted by Gasteiger charge is 2.14. The Bertz CT molecular complexity index is 988. The van der Waals surface area contributed by atoms with Crippen LogP contribution >= 0.6 is 22.9 Å². The number of aromatic nitrogens is 4. The molecule has 4 nitrogen and oxygen atoms in total. The van der Waals surface area contributed by atoms with Crippen LogP contribution in [0.5, 0.6) is 0 Å². The predicted molar refractivity (Wildman–Crippen MR) is 94.5 cm³/mol. The number of fused-ring (bicyclic) bond motifs is 1. The van der Waals surface area contributed by atoms with Gasteiger partial charge in [0.25, 0.3) is 0 Å². The van der Waals surface area contributed by atoms with Crippen LogP contribution in [0.1, 0.15) is 10.6 Å². The highest BCUT2D eigenvalue weighted by atomic mass is 35.5. The monoisotopic (exact) mass is 338 g/mol. The molecular formula is C17H11ClN4S. The van der Waals surface area contributed by atoms with Crippen LogP contribution in [0, 0.1) is 0 Å². The Kier molecular flexibility index (Phi) is 3.65. The van der Waals surface area contributed by atoms with Crippen molar-refractivity contribution in [1.29, 1.82) is 0 Å². The number of benzene rings is 2. The third-order valence-corrected chi connectivity index (χ3v) is 4.53. The lowest BCUT2D eigenvalue weighted by Crippen LogP contribution is -1.91. The fourth-order valence-corrected chi connectivity index (χ4v) is 3.20. The van der Waals surface area contributed by atoms with Gasteiger partial charge >= 0.3 is 0 Å². The van der Waals surface area contributed by atoms with Crippen molar-refractivity contribution in [1.82, 2.24) is 19.8 Å². The fourth-order valence-electron chi connectivity index (χ4n) is 2.24. The van der Waals surface area contributed by atoms with Gasteiger partial charge in [-0.1, -0.05) is 71.5 Å². The number of halogens is 1. The minimum Gasteiger partial charge on any atom is -0.182 e. The van der Waals surface area contributed by atoms with Crippen molar-refractivity contribution in [3.8, 4) is 11.4 Å². The molecule has 0 bridgehead atoms. The second-order valence-corrected chi connectivity index (χ2v) is 6.28. The molecule has 23 heavy (non-hydrogen) atoms. The largest absolute Gasteiger partial charge is 0.235 e. The maximum Gasteiger partial charge on any atom is 0.235 e. The highest BCUT2D eigenvalue weighted by molar-refractivity contribution is 7.17. The molecule has 0 aliphatic rings. The van der Waals surface area contributed by atoms with E-state index in [1.54, 1.807) is 4.52 Å². The normalized spacial score (nSPS) is 11.5. The number of nitrogens with zero attached hydrogens (tertiary/aromatic N) is 4. The SMILES string of the molecule is Clc1ccccc1-c1nnc2sc(C=Cc3ccccc3)nn12. The van der Waals surface area contributed by atoms with Crippen molar-refractivity contribution >= 4 is 40.1 Å². The van der Waals surface area contributed by atoms with E-state index < -0.39 is 0 Å². The molecule has 0 aliphatic heterocycles. The Morgan fingerprint density at radius 3 is 2.52 bits per heavy atom. The van der Waals surface area contributed by atoms with E-state index in [1.165, 1.54) is 11.3 Å². The van der Waals surface area contributed by atoms with Crippen LogP contribution in [-0.2, 0) is 0 Å². The van der Waals surface area contributed by atoms with Crippen LogP contribution in [0.15, 0.2) is 54.6 Å². The van der Waals surface area contributed by atoms with Gasteiger partial charge in [0.2, 0.25) is 4.96 Å². The molecule has 0 amide bonds. The van der Waals surface area contributed by atoms with E-state index in [1.807, 2.05) is 66.7 Å². The Morgan fingerprint density at radius 2 is 1.70 bits per heavy atom. The molecule has 0 radical (unpaired) electrons. The first kappa shape index (κ1) is 14.1. The quantitative estimate of drug-likeness (QED) is 0.545. The van der Waals surface area contributed by atoms with Crippen molar-refractivity contribution in [2.24, 2.45) is 0 Å². The molecule has 0 saturated carbocycles. The Labute approximate surface area is 141 Å². The summed E-state index contributed by atoms with van der Waals surface area (Å²) in [6, 6.07) is 17.7. The average molecular weight is 339 g/mol. The first-order valence-electron chi connectivity index (χ1n) is 7.01. The van der Waals surface area contributed by atoms with E-state index in [0.29, 0.717) is 10.8 Å². The predicted octanol–water partition coefficient (Wildman–Crippen LogP) is 4.68. The molecule has 4 rings (SSSR count). The second-order valence-electron chi connectivity index (χ2n) is 4.88. The first-order valence-corrected chi connectivity index (χ1v) is 8.21. The summed E-state index contributed by atoms with van der Waals surface area (Å²) in [6.45, 7) is 0. The van der Waals surface area contributed by atoms with E-state index in [0.717, 1.165) is 21.1 Å². The summed E-state index contributed by atoms with van der Waals surface area (Å²) in [6.07, 6.45) is 4.01. The van der Waals surface area contributed by atoms with E-state index in [4.69, 9.17) is 11.6 Å². The zero-order valence-electron chi connectivity index (χ0n) is 11.9. The summed E-state index contributed by atoms with van der Waals surface area (Å²) < 4.78 is 1.73.